The van der Waals surface area contributed by atoms with E-state index in [1.54, 1.807) is 37.3 Å². The van der Waals surface area contributed by atoms with Gasteiger partial charge in [-0.25, -0.2) is 4.79 Å². The average molecular weight is 375 g/mol. The molecule has 7 heteroatoms. The molecule has 2 rings (SSSR count). The lowest BCUT2D eigenvalue weighted by molar-refractivity contribution is -0.119. The van der Waals surface area contributed by atoms with Gasteiger partial charge in [0.05, 0.1) is 34.1 Å². The number of amides is 1. The molecule has 6 nitrogen and oxygen atoms in total. The molecule has 0 aliphatic carbocycles. The summed E-state index contributed by atoms with van der Waals surface area (Å²) in [7, 11) is 0.212. The third-order valence-corrected chi connectivity index (χ3v) is 4.95. The molecule has 0 aliphatic rings. The highest BCUT2D eigenvalue weighted by Crippen LogP contribution is 2.25. The maximum atomic E-state index is 12.3. The molecule has 0 aromatic heterocycles. The Morgan fingerprint density at radius 1 is 1.15 bits per heavy atom. The van der Waals surface area contributed by atoms with Gasteiger partial charge in [-0.1, -0.05) is 25.1 Å². The summed E-state index contributed by atoms with van der Waals surface area (Å²) >= 11 is 0. The molecule has 0 unspecified atom stereocenters. The number of carbonyl (C=O) groups excluding carboxylic acids is 2. The zero-order valence-electron chi connectivity index (χ0n) is 14.9. The Kier molecular flexibility index (Phi) is 6.91. The van der Waals surface area contributed by atoms with Crippen LogP contribution >= 0.6 is 0 Å². The summed E-state index contributed by atoms with van der Waals surface area (Å²) in [5.74, 6) is -0.276. The Balaban J connectivity index is 2.03. The highest BCUT2D eigenvalue weighted by Gasteiger charge is 2.17. The molecule has 26 heavy (non-hydrogen) atoms. The van der Waals surface area contributed by atoms with Gasteiger partial charge in [-0.15, -0.1) is 0 Å². The van der Waals surface area contributed by atoms with Crippen molar-refractivity contribution in [1.82, 2.24) is 0 Å². The maximum absolute atomic E-state index is 12.3. The monoisotopic (exact) mass is 375 g/mol. The number of hydrogen-bond donors (Lipinski definition) is 1. The van der Waals surface area contributed by atoms with Crippen LogP contribution in [0.3, 0.4) is 0 Å². The second kappa shape index (κ2) is 9.15. The normalized spacial score (nSPS) is 11.5. The lowest BCUT2D eigenvalue weighted by Crippen LogP contribution is -2.22. The fourth-order valence-corrected chi connectivity index (χ4v) is 3.24. The largest absolute Gasteiger partial charge is 0.495 e. The number of esters is 1. The van der Waals surface area contributed by atoms with Crippen LogP contribution in [-0.4, -0.2) is 35.6 Å². The Labute approximate surface area is 155 Å². The van der Waals surface area contributed by atoms with Gasteiger partial charge in [0.1, 0.15) is 5.75 Å². The number of hydrogen-bond acceptors (Lipinski definition) is 5. The Hall–Kier alpha value is -2.67. The van der Waals surface area contributed by atoms with Gasteiger partial charge in [-0.2, -0.15) is 0 Å². The summed E-state index contributed by atoms with van der Waals surface area (Å²) in [4.78, 5) is 24.8. The van der Waals surface area contributed by atoms with Gasteiger partial charge >= 0.3 is 5.97 Å². The topological polar surface area (TPSA) is 81.7 Å². The summed E-state index contributed by atoms with van der Waals surface area (Å²) in [6.45, 7) is 3.20. The first-order valence-corrected chi connectivity index (χ1v) is 9.37. The molecule has 0 saturated carbocycles. The first-order valence-electron chi connectivity index (χ1n) is 8.05. The van der Waals surface area contributed by atoms with Gasteiger partial charge in [-0.05, 0) is 36.8 Å². The molecular weight excluding hydrogens is 354 g/mol. The summed E-state index contributed by atoms with van der Waals surface area (Å²) < 4.78 is 22.3. The van der Waals surface area contributed by atoms with E-state index in [1.165, 1.54) is 13.2 Å². The van der Waals surface area contributed by atoms with Crippen molar-refractivity contribution in [2.45, 2.75) is 18.7 Å². The molecule has 0 aliphatic heterocycles. The molecule has 1 amide bonds. The summed E-state index contributed by atoms with van der Waals surface area (Å²) in [6, 6.07) is 11.9. The van der Waals surface area contributed by atoms with E-state index in [9.17, 15) is 13.8 Å². The van der Waals surface area contributed by atoms with Crippen molar-refractivity contribution < 1.29 is 23.3 Å². The molecule has 2 aromatic carbocycles. The Morgan fingerprint density at radius 2 is 1.88 bits per heavy atom. The molecular formula is C19H21NO5S. The molecule has 0 heterocycles. The number of rotatable bonds is 7. The zero-order chi connectivity index (χ0) is 19.1. The van der Waals surface area contributed by atoms with Crippen molar-refractivity contribution in [2.75, 3.05) is 24.8 Å². The summed E-state index contributed by atoms with van der Waals surface area (Å²) in [5.41, 5.74) is 1.66. The zero-order valence-corrected chi connectivity index (χ0v) is 15.7. The van der Waals surface area contributed by atoms with Gasteiger partial charge in [0.15, 0.2) is 6.61 Å². The smallest absolute Gasteiger partial charge is 0.339 e. The number of ether oxygens (including phenoxy) is 2. The minimum atomic E-state index is -1.29. The lowest BCUT2D eigenvalue weighted by atomic mass is 10.2. The predicted octanol–water partition coefficient (Wildman–Crippen LogP) is 2.93. The molecule has 0 saturated heterocycles. The van der Waals surface area contributed by atoms with Crippen LogP contribution in [0.25, 0.3) is 0 Å². The van der Waals surface area contributed by atoms with Crippen LogP contribution in [0, 0.1) is 6.92 Å². The maximum Gasteiger partial charge on any atom is 0.339 e. The quantitative estimate of drug-likeness (QED) is 0.753. The van der Waals surface area contributed by atoms with Crippen LogP contribution in [0.5, 0.6) is 5.75 Å². The molecule has 2 aromatic rings. The standard InChI is InChI=1S/C19H21NO5S/c1-4-26(23)17-8-6-5-7-14(17)19(22)25-12-18(21)20-15-11-13(2)9-10-16(15)24-3/h5-11H,4,12H2,1-3H3,(H,20,21)/t26-/m0/s1. The van der Waals surface area contributed by atoms with Gasteiger partial charge < -0.3 is 14.8 Å². The van der Waals surface area contributed by atoms with Crippen LogP contribution < -0.4 is 10.1 Å². The predicted molar refractivity (Wildman–Crippen MR) is 100 cm³/mol. The highest BCUT2D eigenvalue weighted by atomic mass is 32.2. The molecule has 0 bridgehead atoms. The molecule has 138 valence electrons. The van der Waals surface area contributed by atoms with Crippen LogP contribution in [0.1, 0.15) is 22.8 Å². The van der Waals surface area contributed by atoms with E-state index in [4.69, 9.17) is 9.47 Å². The number of benzene rings is 2. The van der Waals surface area contributed by atoms with Gasteiger partial charge in [-0.3, -0.25) is 9.00 Å². The van der Waals surface area contributed by atoms with E-state index in [0.29, 0.717) is 22.1 Å². The highest BCUT2D eigenvalue weighted by molar-refractivity contribution is 7.85. The van der Waals surface area contributed by atoms with Crippen LogP contribution in [0.2, 0.25) is 0 Å². The van der Waals surface area contributed by atoms with E-state index >= 15 is 0 Å². The number of anilines is 1. The molecule has 0 radical (unpaired) electrons. The SMILES string of the molecule is CC[S@](=O)c1ccccc1C(=O)OCC(=O)Nc1cc(C)ccc1OC. The van der Waals surface area contributed by atoms with Crippen LogP contribution in [-0.2, 0) is 20.3 Å². The van der Waals surface area contributed by atoms with Crippen LogP contribution in [0.15, 0.2) is 47.4 Å². The van der Waals surface area contributed by atoms with Crippen molar-refractivity contribution in [3.8, 4) is 5.75 Å². The van der Waals surface area contributed by atoms with Gasteiger partial charge in [0, 0.05) is 5.75 Å². The molecule has 0 spiro atoms. The van der Waals surface area contributed by atoms with Gasteiger partial charge in [0.2, 0.25) is 0 Å². The van der Waals surface area contributed by atoms with Crippen molar-refractivity contribution in [1.29, 1.82) is 0 Å². The number of aryl methyl sites for hydroxylation is 1. The number of nitrogens with one attached hydrogen (secondary N) is 1. The Bertz CT molecular complexity index is 834. The lowest BCUT2D eigenvalue weighted by Gasteiger charge is -2.12. The number of methoxy groups -OCH3 is 1. The first kappa shape index (κ1) is 19.7. The summed E-state index contributed by atoms with van der Waals surface area (Å²) in [5, 5.41) is 2.66. The van der Waals surface area contributed by atoms with Crippen molar-refractivity contribution in [3.05, 3.63) is 53.6 Å². The van der Waals surface area contributed by atoms with E-state index in [2.05, 4.69) is 5.32 Å². The van der Waals surface area contributed by atoms with Gasteiger partial charge in [0.25, 0.3) is 5.91 Å². The first-order chi connectivity index (χ1) is 12.5. The molecule has 1 atom stereocenters. The fourth-order valence-electron chi connectivity index (χ4n) is 2.30. The fraction of sp³-hybridized carbons (Fsp3) is 0.263. The van der Waals surface area contributed by atoms with Crippen LogP contribution in [0.4, 0.5) is 5.69 Å². The van der Waals surface area contributed by atoms with Crippen molar-refractivity contribution in [2.24, 2.45) is 0 Å². The Morgan fingerprint density at radius 3 is 2.58 bits per heavy atom. The molecule has 0 fully saturated rings. The van der Waals surface area contributed by atoms with Crippen molar-refractivity contribution >= 4 is 28.4 Å². The molecule has 1 N–H and O–H groups in total. The van der Waals surface area contributed by atoms with E-state index in [0.717, 1.165) is 5.56 Å². The van der Waals surface area contributed by atoms with E-state index in [-0.39, 0.29) is 5.56 Å². The average Bonchev–Trinajstić information content (AvgIpc) is 2.65. The van der Waals surface area contributed by atoms with E-state index in [1.807, 2.05) is 13.0 Å². The third kappa shape index (κ3) is 4.92. The van der Waals surface area contributed by atoms with E-state index < -0.39 is 29.3 Å². The minimum absolute atomic E-state index is 0.202. The minimum Gasteiger partial charge on any atom is -0.495 e. The second-order valence-electron chi connectivity index (χ2n) is 5.46. The second-order valence-corrected chi connectivity index (χ2v) is 7.17. The summed E-state index contributed by atoms with van der Waals surface area (Å²) in [6.07, 6.45) is 0. The third-order valence-electron chi connectivity index (χ3n) is 3.58. The number of carbonyl (C=O) groups is 2. The van der Waals surface area contributed by atoms with Crippen molar-refractivity contribution in [3.63, 3.8) is 0 Å².